The number of nitrogens with one attached hydrogen (secondary N) is 1. The molecule has 6 nitrogen and oxygen atoms in total. The Morgan fingerprint density at radius 3 is 2.55 bits per heavy atom. The van der Waals surface area contributed by atoms with E-state index in [4.69, 9.17) is 14.2 Å². The van der Waals surface area contributed by atoms with Crippen LogP contribution in [0.4, 0.5) is 0 Å². The first-order chi connectivity index (χ1) is 14.2. The summed E-state index contributed by atoms with van der Waals surface area (Å²) in [5.41, 5.74) is 3.73. The van der Waals surface area contributed by atoms with Crippen molar-refractivity contribution in [1.29, 1.82) is 0 Å². The van der Waals surface area contributed by atoms with Gasteiger partial charge in [0.25, 0.3) is 5.91 Å². The number of nitrogens with zero attached hydrogens (tertiary/aromatic N) is 1. The van der Waals surface area contributed by atoms with Crippen molar-refractivity contribution in [3.8, 4) is 17.2 Å². The second-order valence-electron chi connectivity index (χ2n) is 6.07. The van der Waals surface area contributed by atoms with Crippen molar-refractivity contribution in [2.45, 2.75) is 0 Å². The number of ether oxygens (including phenoxy) is 3. The molecular weight excluding hydrogens is 368 g/mol. The Labute approximate surface area is 169 Å². The molecule has 0 spiro atoms. The number of carbonyl (C=O) groups is 1. The molecule has 6 heteroatoms. The summed E-state index contributed by atoms with van der Waals surface area (Å²) < 4.78 is 16.2. The number of hydrogen-bond acceptors (Lipinski definition) is 5. The van der Waals surface area contributed by atoms with E-state index in [2.05, 4.69) is 17.1 Å². The fourth-order valence-corrected chi connectivity index (χ4v) is 2.88. The molecule has 0 aliphatic rings. The maximum absolute atomic E-state index is 12.5. The average Bonchev–Trinajstić information content (AvgIpc) is 2.77. The van der Waals surface area contributed by atoms with E-state index < -0.39 is 0 Å². The Hall–Kier alpha value is -3.80. The number of amides is 1. The first-order valence-electron chi connectivity index (χ1n) is 8.98. The van der Waals surface area contributed by atoms with Crippen molar-refractivity contribution < 1.29 is 19.0 Å². The molecule has 0 aromatic heterocycles. The molecule has 0 heterocycles. The Kier molecular flexibility index (Phi) is 6.47. The summed E-state index contributed by atoms with van der Waals surface area (Å²) in [4.78, 5) is 12.5. The number of methoxy groups -OCH3 is 2. The minimum atomic E-state index is -0.367. The predicted molar refractivity (Wildman–Crippen MR) is 114 cm³/mol. The van der Waals surface area contributed by atoms with Gasteiger partial charge in [0.15, 0.2) is 11.5 Å². The van der Waals surface area contributed by atoms with Gasteiger partial charge in [0.05, 0.1) is 20.4 Å². The molecule has 0 aliphatic carbocycles. The molecule has 0 saturated carbocycles. The zero-order chi connectivity index (χ0) is 20.6. The lowest BCUT2D eigenvalue weighted by Gasteiger charge is -2.10. The third-order valence-corrected chi connectivity index (χ3v) is 4.29. The van der Waals surface area contributed by atoms with Gasteiger partial charge in [-0.05, 0) is 35.0 Å². The number of hydrogen-bond donors (Lipinski definition) is 1. The van der Waals surface area contributed by atoms with Gasteiger partial charge in [-0.25, -0.2) is 5.43 Å². The van der Waals surface area contributed by atoms with Crippen LogP contribution in [0.15, 0.2) is 72.4 Å². The van der Waals surface area contributed by atoms with Crippen LogP contribution >= 0.6 is 0 Å². The minimum absolute atomic E-state index is 0.346. The molecule has 0 unspecified atom stereocenters. The molecule has 3 aromatic carbocycles. The second kappa shape index (κ2) is 9.41. The zero-order valence-electron chi connectivity index (χ0n) is 16.3. The Balaban J connectivity index is 1.80. The minimum Gasteiger partial charge on any atom is -0.496 e. The Bertz CT molecular complexity index is 1060. The van der Waals surface area contributed by atoms with Crippen molar-refractivity contribution in [2.24, 2.45) is 5.10 Å². The van der Waals surface area contributed by atoms with Gasteiger partial charge in [0.1, 0.15) is 12.4 Å². The lowest BCUT2D eigenvalue weighted by Crippen LogP contribution is -2.17. The van der Waals surface area contributed by atoms with E-state index >= 15 is 0 Å². The zero-order valence-corrected chi connectivity index (χ0v) is 16.3. The van der Waals surface area contributed by atoms with Crippen molar-refractivity contribution in [3.63, 3.8) is 0 Å². The smallest absolute Gasteiger partial charge is 0.271 e. The third kappa shape index (κ3) is 4.55. The van der Waals surface area contributed by atoms with Crippen molar-refractivity contribution in [1.82, 2.24) is 5.43 Å². The fourth-order valence-electron chi connectivity index (χ4n) is 2.88. The Morgan fingerprint density at radius 2 is 1.79 bits per heavy atom. The fraction of sp³-hybridized carbons (Fsp3) is 0.130. The number of rotatable bonds is 8. The highest BCUT2D eigenvalue weighted by molar-refractivity contribution is 6.03. The van der Waals surface area contributed by atoms with Crippen molar-refractivity contribution in [3.05, 3.63) is 78.4 Å². The molecule has 3 rings (SSSR count). The molecule has 0 atom stereocenters. The summed E-state index contributed by atoms with van der Waals surface area (Å²) in [5.74, 6) is 1.30. The van der Waals surface area contributed by atoms with E-state index in [0.29, 0.717) is 29.4 Å². The third-order valence-electron chi connectivity index (χ3n) is 4.29. The molecule has 0 aliphatic heterocycles. The van der Waals surface area contributed by atoms with E-state index in [-0.39, 0.29) is 5.91 Å². The maximum atomic E-state index is 12.5. The molecule has 0 radical (unpaired) electrons. The van der Waals surface area contributed by atoms with Crippen LogP contribution in [0.2, 0.25) is 0 Å². The van der Waals surface area contributed by atoms with Gasteiger partial charge in [-0.3, -0.25) is 4.79 Å². The molecule has 148 valence electrons. The van der Waals surface area contributed by atoms with Gasteiger partial charge < -0.3 is 14.2 Å². The SMILES string of the molecule is C=CCOc1ccc(C(=O)N/N=C/c2c(OC)ccc3ccccc23)cc1OC. The number of benzene rings is 3. The van der Waals surface area contributed by atoms with Crippen molar-refractivity contribution in [2.75, 3.05) is 20.8 Å². The summed E-state index contributed by atoms with van der Waals surface area (Å²) in [5, 5.41) is 6.15. The van der Waals surface area contributed by atoms with E-state index in [1.54, 1.807) is 37.6 Å². The van der Waals surface area contributed by atoms with Gasteiger partial charge in [-0.1, -0.05) is 43.0 Å². The number of hydrazone groups is 1. The van der Waals surface area contributed by atoms with E-state index in [0.717, 1.165) is 16.3 Å². The quantitative estimate of drug-likeness (QED) is 0.356. The number of carbonyl (C=O) groups excluding carboxylic acids is 1. The molecule has 29 heavy (non-hydrogen) atoms. The summed E-state index contributed by atoms with van der Waals surface area (Å²) >= 11 is 0. The topological polar surface area (TPSA) is 69.2 Å². The largest absolute Gasteiger partial charge is 0.496 e. The summed E-state index contributed by atoms with van der Waals surface area (Å²) in [6.45, 7) is 3.96. The van der Waals surface area contributed by atoms with Crippen LogP contribution in [0.1, 0.15) is 15.9 Å². The lowest BCUT2D eigenvalue weighted by molar-refractivity contribution is 0.0954. The lowest BCUT2D eigenvalue weighted by atomic mass is 10.0. The van der Waals surface area contributed by atoms with Gasteiger partial charge in [0.2, 0.25) is 0 Å². The van der Waals surface area contributed by atoms with Crippen LogP contribution < -0.4 is 19.6 Å². The highest BCUT2D eigenvalue weighted by Gasteiger charge is 2.11. The van der Waals surface area contributed by atoms with E-state index in [1.807, 2.05) is 36.4 Å². The van der Waals surface area contributed by atoms with Crippen LogP contribution in [0.25, 0.3) is 10.8 Å². The normalized spacial score (nSPS) is 10.7. The van der Waals surface area contributed by atoms with Crippen LogP contribution in [0.5, 0.6) is 17.2 Å². The van der Waals surface area contributed by atoms with Gasteiger partial charge in [0, 0.05) is 11.1 Å². The van der Waals surface area contributed by atoms with E-state index in [1.165, 1.54) is 7.11 Å². The van der Waals surface area contributed by atoms with Crippen LogP contribution in [-0.4, -0.2) is 32.9 Å². The second-order valence-corrected chi connectivity index (χ2v) is 6.07. The molecule has 0 fully saturated rings. The first-order valence-corrected chi connectivity index (χ1v) is 8.98. The van der Waals surface area contributed by atoms with Crippen LogP contribution in [-0.2, 0) is 0 Å². The molecule has 0 saturated heterocycles. The molecule has 1 N–H and O–H groups in total. The van der Waals surface area contributed by atoms with Crippen LogP contribution in [0, 0.1) is 0 Å². The maximum Gasteiger partial charge on any atom is 0.271 e. The van der Waals surface area contributed by atoms with Gasteiger partial charge in [-0.2, -0.15) is 5.10 Å². The highest BCUT2D eigenvalue weighted by atomic mass is 16.5. The van der Waals surface area contributed by atoms with Gasteiger partial charge >= 0.3 is 0 Å². The Morgan fingerprint density at radius 1 is 1.03 bits per heavy atom. The average molecular weight is 390 g/mol. The molecule has 3 aromatic rings. The first kappa shape index (κ1) is 19.9. The van der Waals surface area contributed by atoms with Gasteiger partial charge in [-0.15, -0.1) is 0 Å². The van der Waals surface area contributed by atoms with E-state index in [9.17, 15) is 4.79 Å². The molecule has 0 bridgehead atoms. The monoisotopic (exact) mass is 390 g/mol. The molecule has 1 amide bonds. The standard InChI is InChI=1S/C23H22N2O4/c1-4-13-29-21-12-10-17(14-22(21)28-3)23(26)25-24-15-19-18-8-6-5-7-16(18)9-11-20(19)27-2/h4-12,14-15H,1,13H2,2-3H3,(H,25,26)/b24-15+. The van der Waals surface area contributed by atoms with Crippen LogP contribution in [0.3, 0.4) is 0 Å². The van der Waals surface area contributed by atoms with Crippen molar-refractivity contribution >= 4 is 22.9 Å². The summed E-state index contributed by atoms with van der Waals surface area (Å²) in [6.07, 6.45) is 3.22. The summed E-state index contributed by atoms with van der Waals surface area (Å²) in [6, 6.07) is 16.7. The molecular formula is C23H22N2O4. The summed E-state index contributed by atoms with van der Waals surface area (Å²) in [7, 11) is 3.12. The highest BCUT2D eigenvalue weighted by Crippen LogP contribution is 2.28. The number of fused-ring (bicyclic) bond motifs is 1. The predicted octanol–water partition coefficient (Wildman–Crippen LogP) is 4.19.